The fraction of sp³-hybridized carbons (Fsp3) is 0.0870. The second kappa shape index (κ2) is 8.65. The lowest BCUT2D eigenvalue weighted by molar-refractivity contribution is 0.0954. The Labute approximate surface area is 182 Å². The number of nitrogens with one attached hydrogen (secondary N) is 1. The number of nitrogens with two attached hydrogens (primary N) is 1. The van der Waals surface area contributed by atoms with Crippen LogP contribution in [0.5, 0.6) is 0 Å². The van der Waals surface area contributed by atoms with Crippen LogP contribution in [0.15, 0.2) is 66.7 Å². The number of aromatic nitrogens is 1. The molecular formula is C23H18ClN3O2S. The molecule has 0 radical (unpaired) electrons. The summed E-state index contributed by atoms with van der Waals surface area (Å²) in [5, 5.41) is 3.76. The first-order valence-corrected chi connectivity index (χ1v) is 10.5. The third-order valence-corrected chi connectivity index (χ3v) is 5.95. The van der Waals surface area contributed by atoms with E-state index in [2.05, 4.69) is 10.3 Å². The number of fused-ring (bicyclic) bond motifs is 1. The van der Waals surface area contributed by atoms with Gasteiger partial charge >= 0.3 is 0 Å². The molecule has 0 unspecified atom stereocenters. The average molecular weight is 436 g/mol. The fourth-order valence-corrected chi connectivity index (χ4v) is 4.24. The minimum Gasteiger partial charge on any atom is -0.366 e. The average Bonchev–Trinajstić information content (AvgIpc) is 3.19. The van der Waals surface area contributed by atoms with Crippen LogP contribution in [0.3, 0.4) is 0 Å². The lowest BCUT2D eigenvalue weighted by atomic mass is 10.1. The van der Waals surface area contributed by atoms with E-state index in [-0.39, 0.29) is 5.91 Å². The summed E-state index contributed by atoms with van der Waals surface area (Å²) in [5.74, 6) is -0.645. The second-order valence-corrected chi connectivity index (χ2v) is 8.46. The van der Waals surface area contributed by atoms with Crippen molar-refractivity contribution in [2.75, 3.05) is 6.54 Å². The van der Waals surface area contributed by atoms with Gasteiger partial charge in [0.2, 0.25) is 5.91 Å². The molecule has 150 valence electrons. The predicted molar refractivity (Wildman–Crippen MR) is 121 cm³/mol. The standard InChI is InChI=1S/C23H18ClN3O2S/c24-21-9-8-20(30-21)19-13-17(16-6-1-2-7-18(16)27-19)23(29)26-11-10-14-4-3-5-15(12-14)22(25)28/h1-9,12-13H,10-11H2,(H2,25,28)(H,26,29). The van der Waals surface area contributed by atoms with Crippen molar-refractivity contribution in [1.82, 2.24) is 10.3 Å². The minimum absolute atomic E-state index is 0.177. The normalized spacial score (nSPS) is 10.8. The first-order chi connectivity index (χ1) is 14.5. The van der Waals surface area contributed by atoms with Gasteiger partial charge in [-0.3, -0.25) is 9.59 Å². The Morgan fingerprint density at radius 3 is 2.63 bits per heavy atom. The van der Waals surface area contributed by atoms with Gasteiger partial charge in [-0.15, -0.1) is 11.3 Å². The van der Waals surface area contributed by atoms with E-state index in [4.69, 9.17) is 17.3 Å². The van der Waals surface area contributed by atoms with Gasteiger partial charge in [0.05, 0.1) is 26.0 Å². The number of para-hydroxylation sites is 1. The first-order valence-electron chi connectivity index (χ1n) is 9.34. The van der Waals surface area contributed by atoms with Crippen LogP contribution in [0.4, 0.5) is 0 Å². The third kappa shape index (κ3) is 4.35. The topological polar surface area (TPSA) is 85.1 Å². The predicted octanol–water partition coefficient (Wildman–Crippen LogP) is 4.69. The van der Waals surface area contributed by atoms with E-state index >= 15 is 0 Å². The van der Waals surface area contributed by atoms with Crippen LogP contribution in [0.25, 0.3) is 21.5 Å². The number of halogens is 1. The molecule has 4 rings (SSSR count). The van der Waals surface area contributed by atoms with Crippen molar-refractivity contribution < 1.29 is 9.59 Å². The van der Waals surface area contributed by atoms with Gasteiger partial charge in [0, 0.05) is 17.5 Å². The van der Waals surface area contributed by atoms with E-state index in [0.717, 1.165) is 21.3 Å². The molecule has 2 heterocycles. The maximum Gasteiger partial charge on any atom is 0.252 e. The number of hydrogen-bond acceptors (Lipinski definition) is 4. The molecule has 30 heavy (non-hydrogen) atoms. The number of nitrogens with zero attached hydrogens (tertiary/aromatic N) is 1. The summed E-state index contributed by atoms with van der Waals surface area (Å²) in [5.41, 5.74) is 8.74. The Hall–Kier alpha value is -3.22. The van der Waals surface area contributed by atoms with Crippen molar-refractivity contribution in [3.63, 3.8) is 0 Å². The van der Waals surface area contributed by atoms with E-state index in [1.54, 1.807) is 24.3 Å². The zero-order chi connectivity index (χ0) is 21.1. The van der Waals surface area contributed by atoms with E-state index in [9.17, 15) is 9.59 Å². The summed E-state index contributed by atoms with van der Waals surface area (Å²) in [6, 6.07) is 20.2. The summed E-state index contributed by atoms with van der Waals surface area (Å²) in [6.45, 7) is 0.428. The lowest BCUT2D eigenvalue weighted by Gasteiger charge is -2.10. The summed E-state index contributed by atoms with van der Waals surface area (Å²) in [7, 11) is 0. The maximum absolute atomic E-state index is 13.0. The fourth-order valence-electron chi connectivity index (χ4n) is 3.24. The van der Waals surface area contributed by atoms with Crippen molar-refractivity contribution in [2.24, 2.45) is 5.73 Å². The Kier molecular flexibility index (Phi) is 5.79. The highest BCUT2D eigenvalue weighted by Gasteiger charge is 2.14. The number of carbonyl (C=O) groups is 2. The van der Waals surface area contributed by atoms with Crippen molar-refractivity contribution in [3.8, 4) is 10.6 Å². The number of hydrogen-bond donors (Lipinski definition) is 2. The number of thiophene rings is 1. The molecule has 0 atom stereocenters. The maximum atomic E-state index is 13.0. The quantitative estimate of drug-likeness (QED) is 0.460. The van der Waals surface area contributed by atoms with Crippen LogP contribution >= 0.6 is 22.9 Å². The van der Waals surface area contributed by atoms with Gasteiger partial charge in [-0.25, -0.2) is 4.98 Å². The molecule has 0 bridgehead atoms. The number of primary amides is 1. The van der Waals surface area contributed by atoms with Gasteiger partial charge in [-0.2, -0.15) is 0 Å². The van der Waals surface area contributed by atoms with Crippen LogP contribution in [-0.4, -0.2) is 23.3 Å². The monoisotopic (exact) mass is 435 g/mol. The van der Waals surface area contributed by atoms with Gasteiger partial charge in [0.1, 0.15) is 0 Å². The van der Waals surface area contributed by atoms with E-state index in [1.807, 2.05) is 42.5 Å². The van der Waals surface area contributed by atoms with Crippen molar-refractivity contribution in [3.05, 3.63) is 87.8 Å². The molecule has 0 aliphatic rings. The van der Waals surface area contributed by atoms with Crippen molar-refractivity contribution in [1.29, 1.82) is 0 Å². The van der Waals surface area contributed by atoms with E-state index in [1.165, 1.54) is 11.3 Å². The van der Waals surface area contributed by atoms with Gasteiger partial charge in [0.25, 0.3) is 5.91 Å². The van der Waals surface area contributed by atoms with Gasteiger partial charge < -0.3 is 11.1 Å². The highest BCUT2D eigenvalue weighted by atomic mass is 35.5. The molecule has 5 nitrogen and oxygen atoms in total. The molecule has 0 aliphatic carbocycles. The zero-order valence-electron chi connectivity index (χ0n) is 15.9. The van der Waals surface area contributed by atoms with Gasteiger partial charge in [-0.05, 0) is 48.4 Å². The molecule has 2 aromatic heterocycles. The number of pyridine rings is 1. The molecule has 0 fully saturated rings. The van der Waals surface area contributed by atoms with E-state index < -0.39 is 5.91 Å². The van der Waals surface area contributed by atoms with Crippen LogP contribution in [-0.2, 0) is 6.42 Å². The molecule has 4 aromatic rings. The van der Waals surface area contributed by atoms with Crippen LogP contribution in [0.2, 0.25) is 4.34 Å². The van der Waals surface area contributed by atoms with Gasteiger partial charge in [0.15, 0.2) is 0 Å². The molecular weight excluding hydrogens is 418 g/mol. The molecule has 0 saturated carbocycles. The molecule has 2 aromatic carbocycles. The third-order valence-electron chi connectivity index (χ3n) is 4.70. The highest BCUT2D eigenvalue weighted by molar-refractivity contribution is 7.19. The Bertz CT molecular complexity index is 1250. The van der Waals surface area contributed by atoms with Gasteiger partial charge in [-0.1, -0.05) is 41.9 Å². The Morgan fingerprint density at radius 1 is 1.03 bits per heavy atom. The Morgan fingerprint density at radius 2 is 1.87 bits per heavy atom. The summed E-state index contributed by atoms with van der Waals surface area (Å²) < 4.78 is 0.671. The van der Waals surface area contributed by atoms with Crippen LogP contribution < -0.4 is 11.1 Å². The summed E-state index contributed by atoms with van der Waals surface area (Å²) in [4.78, 5) is 29.9. The number of carbonyl (C=O) groups excluding carboxylic acids is 2. The number of benzene rings is 2. The molecule has 3 N–H and O–H groups in total. The zero-order valence-corrected chi connectivity index (χ0v) is 17.5. The molecule has 2 amide bonds. The largest absolute Gasteiger partial charge is 0.366 e. The highest BCUT2D eigenvalue weighted by Crippen LogP contribution is 2.32. The summed E-state index contributed by atoms with van der Waals surface area (Å²) >= 11 is 7.49. The summed E-state index contributed by atoms with van der Waals surface area (Å²) in [6.07, 6.45) is 0.587. The molecule has 7 heteroatoms. The molecule has 0 spiro atoms. The molecule has 0 saturated heterocycles. The van der Waals surface area contributed by atoms with E-state index in [0.29, 0.717) is 34.1 Å². The molecule has 0 aliphatic heterocycles. The van der Waals surface area contributed by atoms with Crippen LogP contribution in [0.1, 0.15) is 26.3 Å². The SMILES string of the molecule is NC(=O)c1cccc(CCNC(=O)c2cc(-c3ccc(Cl)s3)nc3ccccc23)c1. The number of rotatable bonds is 6. The second-order valence-electron chi connectivity index (χ2n) is 6.75. The minimum atomic E-state index is -0.467. The smallest absolute Gasteiger partial charge is 0.252 e. The Balaban J connectivity index is 1.56. The lowest BCUT2D eigenvalue weighted by Crippen LogP contribution is -2.26. The van der Waals surface area contributed by atoms with Crippen molar-refractivity contribution >= 4 is 45.7 Å². The number of amides is 2. The first kappa shape index (κ1) is 20.1. The van der Waals surface area contributed by atoms with Crippen molar-refractivity contribution in [2.45, 2.75) is 6.42 Å². The van der Waals surface area contributed by atoms with Crippen LogP contribution in [0, 0.1) is 0 Å².